The fourth-order valence-corrected chi connectivity index (χ4v) is 3.46. The van der Waals surface area contributed by atoms with Gasteiger partial charge in [-0.3, -0.25) is 4.79 Å². The number of hydrogen-bond acceptors (Lipinski definition) is 5. The van der Waals surface area contributed by atoms with Crippen LogP contribution in [-0.4, -0.2) is 13.0 Å². The number of amides is 1. The molecular formula is C26H20BrN3O3. The summed E-state index contributed by atoms with van der Waals surface area (Å²) in [5.74, 6) is 0.419. The molecule has 1 N–H and O–H groups in total. The Morgan fingerprint density at radius 3 is 2.48 bits per heavy atom. The molecule has 0 heterocycles. The maximum Gasteiger partial charge on any atom is 0.262 e. The first kappa shape index (κ1) is 23.6. The van der Waals surface area contributed by atoms with Crippen molar-refractivity contribution in [1.29, 1.82) is 10.5 Å². The van der Waals surface area contributed by atoms with Crippen molar-refractivity contribution < 1.29 is 14.3 Å². The second kappa shape index (κ2) is 11.5. The molecule has 0 aliphatic rings. The van der Waals surface area contributed by atoms with E-state index in [-0.39, 0.29) is 12.2 Å². The number of halogens is 1. The smallest absolute Gasteiger partial charge is 0.262 e. The molecule has 6 nitrogen and oxygen atoms in total. The predicted octanol–water partition coefficient (Wildman–Crippen LogP) is 5.13. The number of rotatable bonds is 8. The number of nitrogens with one attached hydrogen (secondary N) is 1. The first-order valence-corrected chi connectivity index (χ1v) is 10.8. The van der Waals surface area contributed by atoms with Gasteiger partial charge in [-0.15, -0.1) is 0 Å². The van der Waals surface area contributed by atoms with Crippen LogP contribution in [0.3, 0.4) is 0 Å². The molecule has 0 aliphatic carbocycles. The van der Waals surface area contributed by atoms with E-state index in [0.717, 1.165) is 11.1 Å². The first-order chi connectivity index (χ1) is 16.0. The third-order valence-corrected chi connectivity index (χ3v) is 5.45. The summed E-state index contributed by atoms with van der Waals surface area (Å²) in [5.41, 5.74) is 2.78. The molecule has 3 rings (SSSR count). The second-order valence-electron chi connectivity index (χ2n) is 6.92. The molecule has 1 amide bonds. The maximum atomic E-state index is 12.5. The number of carbonyl (C=O) groups is 1. The fourth-order valence-electron chi connectivity index (χ4n) is 3.02. The summed E-state index contributed by atoms with van der Waals surface area (Å²) in [4.78, 5) is 12.5. The quantitative estimate of drug-likeness (QED) is 0.340. The molecule has 0 spiro atoms. The van der Waals surface area contributed by atoms with Crippen LogP contribution in [0.25, 0.3) is 6.08 Å². The standard InChI is InChI=1S/C26H20BrN3O3/c1-32-24-12-21(11-22(15-29)26(31)30-16-18-7-3-2-4-8-18)23(27)13-25(24)33-17-20-10-6-5-9-19(20)14-28/h2-13H,16-17H2,1H3,(H,30,31)/b22-11-. The second-order valence-corrected chi connectivity index (χ2v) is 7.77. The molecule has 164 valence electrons. The summed E-state index contributed by atoms with van der Waals surface area (Å²) in [6.07, 6.45) is 1.49. The summed E-state index contributed by atoms with van der Waals surface area (Å²) in [5, 5.41) is 21.5. The molecular weight excluding hydrogens is 482 g/mol. The number of nitrogens with zero attached hydrogens (tertiary/aromatic N) is 2. The highest BCUT2D eigenvalue weighted by Gasteiger charge is 2.14. The van der Waals surface area contributed by atoms with E-state index in [2.05, 4.69) is 27.3 Å². The van der Waals surface area contributed by atoms with Gasteiger partial charge in [0, 0.05) is 16.6 Å². The van der Waals surface area contributed by atoms with Crippen LogP contribution in [0.1, 0.15) is 22.3 Å². The van der Waals surface area contributed by atoms with Crippen molar-refractivity contribution in [3.8, 4) is 23.6 Å². The lowest BCUT2D eigenvalue weighted by Crippen LogP contribution is -2.23. The van der Waals surface area contributed by atoms with Gasteiger partial charge < -0.3 is 14.8 Å². The fraction of sp³-hybridized carbons (Fsp3) is 0.115. The molecule has 0 unspecified atom stereocenters. The van der Waals surface area contributed by atoms with Crippen LogP contribution < -0.4 is 14.8 Å². The van der Waals surface area contributed by atoms with Gasteiger partial charge in [0.1, 0.15) is 18.2 Å². The van der Waals surface area contributed by atoms with Gasteiger partial charge in [0.25, 0.3) is 5.91 Å². The van der Waals surface area contributed by atoms with Gasteiger partial charge in [0.15, 0.2) is 11.5 Å². The van der Waals surface area contributed by atoms with E-state index in [1.165, 1.54) is 13.2 Å². The highest BCUT2D eigenvalue weighted by atomic mass is 79.9. The third kappa shape index (κ3) is 6.22. The molecule has 0 saturated carbocycles. The minimum absolute atomic E-state index is 0.0368. The van der Waals surface area contributed by atoms with Crippen molar-refractivity contribution in [3.63, 3.8) is 0 Å². The topological polar surface area (TPSA) is 95.1 Å². The Labute approximate surface area is 200 Å². The average Bonchev–Trinajstić information content (AvgIpc) is 2.86. The molecule has 33 heavy (non-hydrogen) atoms. The van der Waals surface area contributed by atoms with Gasteiger partial charge >= 0.3 is 0 Å². The van der Waals surface area contributed by atoms with E-state index in [1.54, 1.807) is 24.3 Å². The van der Waals surface area contributed by atoms with Crippen LogP contribution >= 0.6 is 15.9 Å². The monoisotopic (exact) mass is 501 g/mol. The Kier molecular flexibility index (Phi) is 8.24. The van der Waals surface area contributed by atoms with Gasteiger partial charge in [-0.2, -0.15) is 10.5 Å². The normalized spacial score (nSPS) is 10.6. The minimum atomic E-state index is -0.472. The lowest BCUT2D eigenvalue weighted by Gasteiger charge is -2.13. The van der Waals surface area contributed by atoms with E-state index in [1.807, 2.05) is 48.5 Å². The number of hydrogen-bond donors (Lipinski definition) is 1. The zero-order valence-electron chi connectivity index (χ0n) is 17.8. The van der Waals surface area contributed by atoms with E-state index >= 15 is 0 Å². The van der Waals surface area contributed by atoms with Crippen molar-refractivity contribution in [3.05, 3.63) is 99.0 Å². The summed E-state index contributed by atoms with van der Waals surface area (Å²) >= 11 is 3.47. The Balaban J connectivity index is 1.78. The van der Waals surface area contributed by atoms with E-state index < -0.39 is 5.91 Å². The highest BCUT2D eigenvalue weighted by molar-refractivity contribution is 9.10. The van der Waals surface area contributed by atoms with E-state index in [9.17, 15) is 15.3 Å². The zero-order valence-corrected chi connectivity index (χ0v) is 19.4. The van der Waals surface area contributed by atoms with Crippen molar-refractivity contribution in [2.24, 2.45) is 0 Å². The first-order valence-electron chi connectivity index (χ1n) is 9.98. The molecule has 0 fully saturated rings. The lowest BCUT2D eigenvalue weighted by atomic mass is 10.1. The third-order valence-electron chi connectivity index (χ3n) is 4.76. The Bertz CT molecular complexity index is 1260. The molecule has 3 aromatic carbocycles. The SMILES string of the molecule is COc1cc(/C=C(/C#N)C(=O)NCc2ccccc2)c(Br)cc1OCc1ccccc1C#N. The molecule has 3 aromatic rings. The number of ether oxygens (including phenoxy) is 2. The van der Waals surface area contributed by atoms with E-state index in [0.29, 0.717) is 33.6 Å². The largest absolute Gasteiger partial charge is 0.493 e. The van der Waals surface area contributed by atoms with Gasteiger partial charge in [-0.05, 0) is 35.4 Å². The molecule has 0 aliphatic heterocycles. The number of carbonyl (C=O) groups excluding carboxylic acids is 1. The van der Waals surface area contributed by atoms with Crippen LogP contribution in [0.5, 0.6) is 11.5 Å². The summed E-state index contributed by atoms with van der Waals surface area (Å²) < 4.78 is 12.0. The van der Waals surface area contributed by atoms with Crippen LogP contribution in [0.2, 0.25) is 0 Å². The highest BCUT2D eigenvalue weighted by Crippen LogP contribution is 2.35. The minimum Gasteiger partial charge on any atom is -0.493 e. The van der Waals surface area contributed by atoms with Gasteiger partial charge in [-0.25, -0.2) is 0 Å². The van der Waals surface area contributed by atoms with Crippen LogP contribution in [-0.2, 0) is 17.9 Å². The van der Waals surface area contributed by atoms with Gasteiger partial charge in [-0.1, -0.05) is 64.5 Å². The summed E-state index contributed by atoms with van der Waals surface area (Å²) in [6, 6.07) is 24.1. The van der Waals surface area contributed by atoms with Gasteiger partial charge in [0.2, 0.25) is 0 Å². The van der Waals surface area contributed by atoms with Crippen molar-refractivity contribution >= 4 is 27.9 Å². The molecule has 0 saturated heterocycles. The molecule has 7 heteroatoms. The molecule has 0 aromatic heterocycles. The van der Waals surface area contributed by atoms with Crippen LogP contribution in [0, 0.1) is 22.7 Å². The van der Waals surface area contributed by atoms with E-state index in [4.69, 9.17) is 9.47 Å². The number of methoxy groups -OCH3 is 1. The molecule has 0 atom stereocenters. The molecule has 0 bridgehead atoms. The Morgan fingerprint density at radius 1 is 1.06 bits per heavy atom. The number of benzene rings is 3. The van der Waals surface area contributed by atoms with Crippen molar-refractivity contribution in [2.45, 2.75) is 13.2 Å². The summed E-state index contributed by atoms with van der Waals surface area (Å²) in [6.45, 7) is 0.507. The van der Waals surface area contributed by atoms with Gasteiger partial charge in [0.05, 0.1) is 18.7 Å². The predicted molar refractivity (Wildman–Crippen MR) is 128 cm³/mol. The average molecular weight is 502 g/mol. The molecule has 0 radical (unpaired) electrons. The Hall–Kier alpha value is -4.07. The van der Waals surface area contributed by atoms with Crippen molar-refractivity contribution in [1.82, 2.24) is 5.32 Å². The summed E-state index contributed by atoms with van der Waals surface area (Å²) in [7, 11) is 1.50. The maximum absolute atomic E-state index is 12.5. The van der Waals surface area contributed by atoms with Crippen molar-refractivity contribution in [2.75, 3.05) is 7.11 Å². The zero-order chi connectivity index (χ0) is 23.6. The Morgan fingerprint density at radius 2 is 1.79 bits per heavy atom. The van der Waals surface area contributed by atoms with Crippen LogP contribution in [0.4, 0.5) is 0 Å². The van der Waals surface area contributed by atoms with Crippen LogP contribution in [0.15, 0.2) is 76.8 Å². The lowest BCUT2D eigenvalue weighted by molar-refractivity contribution is -0.117. The number of nitriles is 2.